The number of nitrogens with zero attached hydrogens (tertiary/aromatic N) is 1. The first-order valence-corrected chi connectivity index (χ1v) is 8.36. The van der Waals surface area contributed by atoms with Crippen LogP contribution in [0.15, 0.2) is 30.3 Å². The smallest absolute Gasteiger partial charge is 0.225 e. The van der Waals surface area contributed by atoms with Gasteiger partial charge in [0.25, 0.3) is 0 Å². The SMILES string of the molecule is CN1C(=O)CC[C@H](C(=O)NC[C@H]2CCCO2)[C@H]1c1ccccc1. The third-order valence-corrected chi connectivity index (χ3v) is 4.87. The second kappa shape index (κ2) is 7.13. The van der Waals surface area contributed by atoms with Gasteiger partial charge in [0.1, 0.15) is 0 Å². The lowest BCUT2D eigenvalue weighted by atomic mass is 9.84. The maximum atomic E-state index is 12.7. The van der Waals surface area contributed by atoms with Crippen LogP contribution in [0.4, 0.5) is 0 Å². The van der Waals surface area contributed by atoms with Gasteiger partial charge in [0, 0.05) is 26.6 Å². The van der Waals surface area contributed by atoms with Crippen LogP contribution in [0.5, 0.6) is 0 Å². The first kappa shape index (κ1) is 16.0. The number of rotatable bonds is 4. The van der Waals surface area contributed by atoms with Gasteiger partial charge in [-0.1, -0.05) is 30.3 Å². The van der Waals surface area contributed by atoms with Crippen LogP contribution >= 0.6 is 0 Å². The van der Waals surface area contributed by atoms with E-state index in [4.69, 9.17) is 4.74 Å². The maximum Gasteiger partial charge on any atom is 0.225 e. The van der Waals surface area contributed by atoms with Crippen molar-refractivity contribution >= 4 is 11.8 Å². The van der Waals surface area contributed by atoms with Gasteiger partial charge in [-0.05, 0) is 24.8 Å². The van der Waals surface area contributed by atoms with E-state index >= 15 is 0 Å². The van der Waals surface area contributed by atoms with Crippen molar-refractivity contribution in [1.82, 2.24) is 10.2 Å². The predicted molar refractivity (Wildman–Crippen MR) is 86.7 cm³/mol. The number of amides is 2. The summed E-state index contributed by atoms with van der Waals surface area (Å²) in [5, 5.41) is 3.03. The lowest BCUT2D eigenvalue weighted by molar-refractivity contribution is -0.141. The number of carbonyl (C=O) groups is 2. The van der Waals surface area contributed by atoms with Crippen molar-refractivity contribution in [2.45, 2.75) is 37.8 Å². The highest BCUT2D eigenvalue weighted by molar-refractivity contribution is 5.84. The van der Waals surface area contributed by atoms with Crippen molar-refractivity contribution in [1.29, 1.82) is 0 Å². The second-order valence-electron chi connectivity index (χ2n) is 6.39. The van der Waals surface area contributed by atoms with Crippen LogP contribution in [-0.2, 0) is 14.3 Å². The van der Waals surface area contributed by atoms with Gasteiger partial charge in [0.15, 0.2) is 0 Å². The molecule has 2 aliphatic rings. The number of ether oxygens (including phenoxy) is 1. The number of piperidine rings is 1. The Kier molecular flexibility index (Phi) is 4.96. The first-order chi connectivity index (χ1) is 11.2. The van der Waals surface area contributed by atoms with E-state index in [1.54, 1.807) is 11.9 Å². The Morgan fingerprint density at radius 3 is 2.78 bits per heavy atom. The third kappa shape index (κ3) is 3.55. The molecular formula is C18H24N2O3. The number of benzene rings is 1. The van der Waals surface area contributed by atoms with E-state index in [1.165, 1.54) is 0 Å². The summed E-state index contributed by atoms with van der Waals surface area (Å²) < 4.78 is 5.56. The normalized spacial score (nSPS) is 28.0. The molecule has 2 amide bonds. The summed E-state index contributed by atoms with van der Waals surface area (Å²) in [6.45, 7) is 1.35. The summed E-state index contributed by atoms with van der Waals surface area (Å²) in [6.07, 6.45) is 3.23. The van der Waals surface area contributed by atoms with Gasteiger partial charge in [0.05, 0.1) is 18.1 Å². The minimum Gasteiger partial charge on any atom is -0.376 e. The fourth-order valence-electron chi connectivity index (χ4n) is 3.57. The van der Waals surface area contributed by atoms with Crippen LogP contribution in [0.1, 0.15) is 37.3 Å². The van der Waals surface area contributed by atoms with Crippen molar-refractivity contribution in [2.24, 2.45) is 5.92 Å². The fourth-order valence-corrected chi connectivity index (χ4v) is 3.57. The van der Waals surface area contributed by atoms with Crippen molar-refractivity contribution in [3.63, 3.8) is 0 Å². The van der Waals surface area contributed by atoms with Crippen LogP contribution < -0.4 is 5.32 Å². The van der Waals surface area contributed by atoms with E-state index in [2.05, 4.69) is 5.32 Å². The Morgan fingerprint density at radius 1 is 1.30 bits per heavy atom. The first-order valence-electron chi connectivity index (χ1n) is 8.36. The summed E-state index contributed by atoms with van der Waals surface area (Å²) in [7, 11) is 1.79. The average Bonchev–Trinajstić information content (AvgIpc) is 3.09. The molecule has 0 aliphatic carbocycles. The van der Waals surface area contributed by atoms with Crippen LogP contribution in [0, 0.1) is 5.92 Å². The summed E-state index contributed by atoms with van der Waals surface area (Å²) in [6, 6.07) is 9.62. The highest BCUT2D eigenvalue weighted by atomic mass is 16.5. The molecule has 0 saturated carbocycles. The van der Waals surface area contributed by atoms with Gasteiger partial charge in [-0.3, -0.25) is 9.59 Å². The number of hydrogen-bond donors (Lipinski definition) is 1. The topological polar surface area (TPSA) is 58.6 Å². The molecule has 0 aromatic heterocycles. The van der Waals surface area contributed by atoms with Crippen LogP contribution in [0.2, 0.25) is 0 Å². The van der Waals surface area contributed by atoms with Crippen LogP contribution in [0.25, 0.3) is 0 Å². The molecule has 0 bridgehead atoms. The van der Waals surface area contributed by atoms with Gasteiger partial charge >= 0.3 is 0 Å². The maximum absolute atomic E-state index is 12.7. The van der Waals surface area contributed by atoms with Gasteiger partial charge in [-0.25, -0.2) is 0 Å². The molecule has 124 valence electrons. The zero-order chi connectivity index (χ0) is 16.2. The van der Waals surface area contributed by atoms with Crippen molar-refractivity contribution in [3.05, 3.63) is 35.9 Å². The Morgan fingerprint density at radius 2 is 2.09 bits per heavy atom. The van der Waals surface area contributed by atoms with Crippen molar-refractivity contribution in [3.8, 4) is 0 Å². The highest BCUT2D eigenvalue weighted by Gasteiger charge is 2.38. The number of likely N-dealkylation sites (tertiary alicyclic amines) is 1. The number of carbonyl (C=O) groups excluding carboxylic acids is 2. The Balaban J connectivity index is 1.72. The van der Waals surface area contributed by atoms with E-state index in [0.717, 1.165) is 25.0 Å². The van der Waals surface area contributed by atoms with E-state index in [0.29, 0.717) is 19.4 Å². The van der Waals surface area contributed by atoms with Crippen molar-refractivity contribution in [2.75, 3.05) is 20.2 Å². The molecule has 5 heteroatoms. The second-order valence-corrected chi connectivity index (χ2v) is 6.39. The molecule has 0 radical (unpaired) electrons. The molecule has 2 aliphatic heterocycles. The zero-order valence-corrected chi connectivity index (χ0v) is 13.5. The lowest BCUT2D eigenvalue weighted by Crippen LogP contribution is -2.47. The molecule has 2 fully saturated rings. The van der Waals surface area contributed by atoms with E-state index in [-0.39, 0.29) is 29.9 Å². The highest BCUT2D eigenvalue weighted by Crippen LogP contribution is 2.35. The average molecular weight is 316 g/mol. The molecular weight excluding hydrogens is 292 g/mol. The predicted octanol–water partition coefficient (Wildman–Crippen LogP) is 1.89. The molecule has 2 saturated heterocycles. The van der Waals surface area contributed by atoms with Crippen molar-refractivity contribution < 1.29 is 14.3 Å². The molecule has 0 unspecified atom stereocenters. The molecule has 0 spiro atoms. The van der Waals surface area contributed by atoms with Gasteiger partial charge in [0.2, 0.25) is 11.8 Å². The summed E-state index contributed by atoms with van der Waals surface area (Å²) in [4.78, 5) is 26.5. The molecule has 5 nitrogen and oxygen atoms in total. The molecule has 2 heterocycles. The molecule has 3 rings (SSSR count). The summed E-state index contributed by atoms with van der Waals surface area (Å²) >= 11 is 0. The molecule has 23 heavy (non-hydrogen) atoms. The zero-order valence-electron chi connectivity index (χ0n) is 13.5. The lowest BCUT2D eigenvalue weighted by Gasteiger charge is -2.38. The molecule has 1 N–H and O–H groups in total. The molecule has 3 atom stereocenters. The van der Waals surface area contributed by atoms with E-state index in [9.17, 15) is 9.59 Å². The minimum atomic E-state index is -0.207. The van der Waals surface area contributed by atoms with Gasteiger partial charge in [-0.2, -0.15) is 0 Å². The molecule has 1 aromatic rings. The van der Waals surface area contributed by atoms with E-state index in [1.807, 2.05) is 30.3 Å². The quantitative estimate of drug-likeness (QED) is 0.923. The number of hydrogen-bond acceptors (Lipinski definition) is 3. The summed E-state index contributed by atoms with van der Waals surface area (Å²) in [5.41, 5.74) is 1.01. The largest absolute Gasteiger partial charge is 0.376 e. The fraction of sp³-hybridized carbons (Fsp3) is 0.556. The van der Waals surface area contributed by atoms with Crippen LogP contribution in [0.3, 0.4) is 0 Å². The number of nitrogens with one attached hydrogen (secondary N) is 1. The Labute approximate surface area is 137 Å². The standard InChI is InChI=1S/C18H24N2O3/c1-20-16(21)10-9-15(17(20)13-6-3-2-4-7-13)18(22)19-12-14-8-5-11-23-14/h2-4,6-7,14-15,17H,5,8-12H2,1H3,(H,19,22)/t14-,15+,17-/m1/s1. The van der Waals surface area contributed by atoms with Crippen LogP contribution in [-0.4, -0.2) is 43.0 Å². The third-order valence-electron chi connectivity index (χ3n) is 4.87. The molecule has 1 aromatic carbocycles. The Hall–Kier alpha value is -1.88. The van der Waals surface area contributed by atoms with Gasteiger partial charge in [-0.15, -0.1) is 0 Å². The monoisotopic (exact) mass is 316 g/mol. The van der Waals surface area contributed by atoms with Gasteiger partial charge < -0.3 is 15.0 Å². The Bertz CT molecular complexity index is 555. The minimum absolute atomic E-state index is 0.0219. The summed E-state index contributed by atoms with van der Waals surface area (Å²) in [5.74, 6) is -0.0859. The van der Waals surface area contributed by atoms with E-state index < -0.39 is 0 Å².